The van der Waals surface area contributed by atoms with Crippen LogP contribution in [-0.2, 0) is 9.59 Å². The van der Waals surface area contributed by atoms with Gasteiger partial charge in [-0.05, 0) is 24.6 Å². The quantitative estimate of drug-likeness (QED) is 0.908. The SMILES string of the molecule is CCCN(CC(=O)Nc1cc(Cl)ccc1Cl)C(C)=O. The summed E-state index contributed by atoms with van der Waals surface area (Å²) in [4.78, 5) is 24.7. The lowest BCUT2D eigenvalue weighted by Gasteiger charge is -2.19. The summed E-state index contributed by atoms with van der Waals surface area (Å²) < 4.78 is 0. The van der Waals surface area contributed by atoms with Gasteiger partial charge in [0, 0.05) is 18.5 Å². The van der Waals surface area contributed by atoms with Gasteiger partial charge in [-0.15, -0.1) is 0 Å². The predicted octanol–water partition coefficient (Wildman–Crippen LogP) is 3.19. The summed E-state index contributed by atoms with van der Waals surface area (Å²) in [6.45, 7) is 3.94. The van der Waals surface area contributed by atoms with Crippen molar-refractivity contribution in [2.45, 2.75) is 20.3 Å². The van der Waals surface area contributed by atoms with Crippen molar-refractivity contribution in [3.8, 4) is 0 Å². The molecule has 0 saturated heterocycles. The summed E-state index contributed by atoms with van der Waals surface area (Å²) in [5.41, 5.74) is 0.444. The van der Waals surface area contributed by atoms with E-state index < -0.39 is 0 Å². The van der Waals surface area contributed by atoms with E-state index in [-0.39, 0.29) is 18.4 Å². The Morgan fingerprint density at radius 1 is 1.32 bits per heavy atom. The third kappa shape index (κ3) is 5.09. The van der Waals surface area contributed by atoms with E-state index in [1.165, 1.54) is 11.8 Å². The van der Waals surface area contributed by atoms with Gasteiger partial charge >= 0.3 is 0 Å². The Bertz CT molecular complexity index is 478. The van der Waals surface area contributed by atoms with Crippen LogP contribution in [0.25, 0.3) is 0 Å². The highest BCUT2D eigenvalue weighted by Gasteiger charge is 2.13. The van der Waals surface area contributed by atoms with Crippen LogP contribution in [0.3, 0.4) is 0 Å². The number of carbonyl (C=O) groups excluding carboxylic acids is 2. The minimum Gasteiger partial charge on any atom is -0.334 e. The van der Waals surface area contributed by atoms with Crippen molar-refractivity contribution in [3.05, 3.63) is 28.2 Å². The number of amides is 2. The molecule has 19 heavy (non-hydrogen) atoms. The van der Waals surface area contributed by atoms with Crippen LogP contribution in [0.1, 0.15) is 20.3 Å². The molecule has 0 atom stereocenters. The number of hydrogen-bond donors (Lipinski definition) is 1. The Morgan fingerprint density at radius 3 is 2.58 bits per heavy atom. The minimum atomic E-state index is -0.298. The molecule has 1 aromatic rings. The van der Waals surface area contributed by atoms with Gasteiger partial charge in [-0.2, -0.15) is 0 Å². The molecule has 0 heterocycles. The van der Waals surface area contributed by atoms with E-state index in [4.69, 9.17) is 23.2 Å². The van der Waals surface area contributed by atoms with Gasteiger partial charge in [0.1, 0.15) is 0 Å². The van der Waals surface area contributed by atoms with Crippen LogP contribution in [0.5, 0.6) is 0 Å². The van der Waals surface area contributed by atoms with Crippen LogP contribution in [0.15, 0.2) is 18.2 Å². The van der Waals surface area contributed by atoms with Crippen molar-refractivity contribution >= 4 is 40.7 Å². The summed E-state index contributed by atoms with van der Waals surface area (Å²) in [6.07, 6.45) is 0.796. The highest BCUT2D eigenvalue weighted by Crippen LogP contribution is 2.25. The second-order valence-electron chi connectivity index (χ2n) is 4.11. The Balaban J connectivity index is 2.68. The number of halogens is 2. The van der Waals surface area contributed by atoms with Crippen LogP contribution in [-0.4, -0.2) is 29.8 Å². The van der Waals surface area contributed by atoms with E-state index in [0.717, 1.165) is 6.42 Å². The minimum absolute atomic E-state index is 0.00597. The topological polar surface area (TPSA) is 49.4 Å². The fourth-order valence-electron chi connectivity index (χ4n) is 1.57. The standard InChI is InChI=1S/C13H16Cl2N2O2/c1-3-6-17(9(2)18)8-13(19)16-12-7-10(14)4-5-11(12)15/h4-5,7H,3,6,8H2,1-2H3,(H,16,19). The van der Waals surface area contributed by atoms with Crippen LogP contribution in [0, 0.1) is 0 Å². The molecule has 6 heteroatoms. The number of carbonyl (C=O) groups is 2. The third-order valence-electron chi connectivity index (χ3n) is 2.48. The molecule has 4 nitrogen and oxygen atoms in total. The zero-order valence-corrected chi connectivity index (χ0v) is 12.4. The van der Waals surface area contributed by atoms with E-state index in [0.29, 0.717) is 22.3 Å². The lowest BCUT2D eigenvalue weighted by Crippen LogP contribution is -2.37. The zero-order valence-electron chi connectivity index (χ0n) is 10.9. The van der Waals surface area contributed by atoms with Crippen molar-refractivity contribution in [1.82, 2.24) is 4.90 Å². The molecule has 1 aromatic carbocycles. The van der Waals surface area contributed by atoms with E-state index in [1.54, 1.807) is 18.2 Å². The third-order valence-corrected chi connectivity index (χ3v) is 3.04. The average Bonchev–Trinajstić information content (AvgIpc) is 2.33. The average molecular weight is 303 g/mol. The summed E-state index contributed by atoms with van der Waals surface area (Å²) in [6, 6.07) is 4.81. The first-order valence-corrected chi connectivity index (χ1v) is 6.70. The molecule has 2 amide bonds. The Labute approximate surface area is 122 Å². The highest BCUT2D eigenvalue weighted by atomic mass is 35.5. The van der Waals surface area contributed by atoms with Crippen molar-refractivity contribution in [2.24, 2.45) is 0 Å². The number of rotatable bonds is 5. The molecule has 0 saturated carbocycles. The fourth-order valence-corrected chi connectivity index (χ4v) is 1.91. The van der Waals surface area contributed by atoms with Gasteiger partial charge in [0.25, 0.3) is 0 Å². The van der Waals surface area contributed by atoms with Gasteiger partial charge in [-0.3, -0.25) is 9.59 Å². The first kappa shape index (κ1) is 15.8. The maximum Gasteiger partial charge on any atom is 0.244 e. The van der Waals surface area contributed by atoms with E-state index in [1.807, 2.05) is 6.92 Å². The number of anilines is 1. The molecule has 1 N–H and O–H groups in total. The van der Waals surface area contributed by atoms with E-state index >= 15 is 0 Å². The molecule has 1 rings (SSSR count). The number of nitrogens with zero attached hydrogens (tertiary/aromatic N) is 1. The van der Waals surface area contributed by atoms with E-state index in [2.05, 4.69) is 5.32 Å². The van der Waals surface area contributed by atoms with Crippen LogP contribution in [0.2, 0.25) is 10.0 Å². The molecule has 0 aromatic heterocycles. The molecule has 0 spiro atoms. The molecule has 0 aliphatic rings. The van der Waals surface area contributed by atoms with Crippen LogP contribution >= 0.6 is 23.2 Å². The van der Waals surface area contributed by atoms with Crippen LogP contribution < -0.4 is 5.32 Å². The Hall–Kier alpha value is -1.26. The maximum absolute atomic E-state index is 11.9. The zero-order chi connectivity index (χ0) is 14.4. The molecule has 0 bridgehead atoms. The molecule has 0 fully saturated rings. The lowest BCUT2D eigenvalue weighted by atomic mass is 10.3. The maximum atomic E-state index is 11.9. The van der Waals surface area contributed by atoms with Gasteiger partial charge in [0.2, 0.25) is 11.8 Å². The summed E-state index contributed by atoms with van der Waals surface area (Å²) in [5, 5.41) is 3.53. The normalized spacial score (nSPS) is 10.1. The second kappa shape index (κ2) is 7.36. The summed E-state index contributed by atoms with van der Waals surface area (Å²) >= 11 is 11.8. The smallest absolute Gasteiger partial charge is 0.244 e. The number of nitrogens with one attached hydrogen (secondary N) is 1. The molecule has 0 radical (unpaired) electrons. The fraction of sp³-hybridized carbons (Fsp3) is 0.385. The van der Waals surface area contributed by atoms with E-state index in [9.17, 15) is 9.59 Å². The number of hydrogen-bond acceptors (Lipinski definition) is 2. The largest absolute Gasteiger partial charge is 0.334 e. The molecule has 0 unspecified atom stereocenters. The molecule has 0 aliphatic carbocycles. The summed E-state index contributed by atoms with van der Waals surface area (Å²) in [5.74, 6) is -0.429. The van der Waals surface area contributed by atoms with Crippen molar-refractivity contribution in [2.75, 3.05) is 18.4 Å². The first-order valence-electron chi connectivity index (χ1n) is 5.94. The van der Waals surface area contributed by atoms with Gasteiger partial charge in [-0.1, -0.05) is 30.1 Å². The molecule has 0 aliphatic heterocycles. The lowest BCUT2D eigenvalue weighted by molar-refractivity contribution is -0.132. The van der Waals surface area contributed by atoms with Crippen molar-refractivity contribution in [3.63, 3.8) is 0 Å². The van der Waals surface area contributed by atoms with Gasteiger partial charge in [0.05, 0.1) is 17.3 Å². The van der Waals surface area contributed by atoms with Gasteiger partial charge < -0.3 is 10.2 Å². The van der Waals surface area contributed by atoms with Gasteiger partial charge in [0.15, 0.2) is 0 Å². The Kier molecular flexibility index (Phi) is 6.12. The number of benzene rings is 1. The Morgan fingerprint density at radius 2 is 2.00 bits per heavy atom. The monoisotopic (exact) mass is 302 g/mol. The van der Waals surface area contributed by atoms with Crippen molar-refractivity contribution in [1.29, 1.82) is 0 Å². The van der Waals surface area contributed by atoms with Crippen LogP contribution in [0.4, 0.5) is 5.69 Å². The van der Waals surface area contributed by atoms with Gasteiger partial charge in [-0.25, -0.2) is 0 Å². The van der Waals surface area contributed by atoms with Crippen molar-refractivity contribution < 1.29 is 9.59 Å². The molecular weight excluding hydrogens is 287 g/mol. The highest BCUT2D eigenvalue weighted by molar-refractivity contribution is 6.35. The summed E-state index contributed by atoms with van der Waals surface area (Å²) in [7, 11) is 0. The second-order valence-corrected chi connectivity index (χ2v) is 4.96. The molecule has 104 valence electrons. The molecular formula is C13H16Cl2N2O2. The first-order chi connectivity index (χ1) is 8.93. The predicted molar refractivity (Wildman–Crippen MR) is 77.6 cm³/mol.